The third-order valence-electron chi connectivity index (χ3n) is 2.84. The van der Waals surface area contributed by atoms with Crippen LogP contribution in [0.3, 0.4) is 0 Å². The average Bonchev–Trinajstić information content (AvgIpc) is 2.39. The molecule has 0 bridgehead atoms. The Balaban J connectivity index is 2.33. The molecule has 2 atom stereocenters. The van der Waals surface area contributed by atoms with Crippen molar-refractivity contribution in [1.29, 1.82) is 0 Å². The molecule has 0 spiro atoms. The zero-order valence-corrected chi connectivity index (χ0v) is 11.6. The fraction of sp³-hybridized carbons (Fsp3) is 0.200. The quantitative estimate of drug-likeness (QED) is 0.852. The molecule has 0 aliphatic heterocycles. The predicted octanol–water partition coefficient (Wildman–Crippen LogP) is 4.28. The molecule has 1 nitrogen and oxygen atoms in total. The van der Waals surface area contributed by atoms with Gasteiger partial charge in [-0.2, -0.15) is 0 Å². The van der Waals surface area contributed by atoms with E-state index in [4.69, 9.17) is 5.73 Å². The minimum atomic E-state index is -0.669. The van der Waals surface area contributed by atoms with Gasteiger partial charge in [-0.1, -0.05) is 18.2 Å². The standard InChI is InChI=1S/C15H14F3NS/c1-9(19)15(11-4-2-3-5-12(11)17)20-14-7-6-10(16)8-13(14)18/h2-9,15H,19H2,1H3. The van der Waals surface area contributed by atoms with Gasteiger partial charge in [0.05, 0.1) is 5.25 Å². The van der Waals surface area contributed by atoms with Crippen LogP contribution in [-0.2, 0) is 0 Å². The van der Waals surface area contributed by atoms with Gasteiger partial charge >= 0.3 is 0 Å². The molecule has 106 valence electrons. The highest BCUT2D eigenvalue weighted by molar-refractivity contribution is 7.99. The SMILES string of the molecule is CC(N)C(Sc1ccc(F)cc1F)c1ccccc1F. The van der Waals surface area contributed by atoms with Gasteiger partial charge in [0.15, 0.2) is 0 Å². The highest BCUT2D eigenvalue weighted by atomic mass is 32.2. The molecule has 2 aromatic rings. The second-order valence-corrected chi connectivity index (χ2v) is 5.68. The Morgan fingerprint density at radius 3 is 2.30 bits per heavy atom. The Kier molecular flexibility index (Phi) is 4.73. The third-order valence-corrected chi connectivity index (χ3v) is 4.36. The Labute approximate surface area is 120 Å². The van der Waals surface area contributed by atoms with E-state index < -0.39 is 16.9 Å². The van der Waals surface area contributed by atoms with E-state index in [0.717, 1.165) is 17.8 Å². The topological polar surface area (TPSA) is 26.0 Å². The van der Waals surface area contributed by atoms with Gasteiger partial charge in [0.2, 0.25) is 0 Å². The number of nitrogens with two attached hydrogens (primary N) is 1. The first-order valence-corrected chi connectivity index (χ1v) is 6.98. The van der Waals surface area contributed by atoms with Crippen molar-refractivity contribution in [2.75, 3.05) is 0 Å². The molecule has 0 aliphatic carbocycles. The van der Waals surface area contributed by atoms with E-state index in [1.807, 2.05) is 0 Å². The first kappa shape index (κ1) is 14.9. The monoisotopic (exact) mass is 297 g/mol. The van der Waals surface area contributed by atoms with Crippen LogP contribution in [0.25, 0.3) is 0 Å². The second kappa shape index (κ2) is 6.33. The number of hydrogen-bond donors (Lipinski definition) is 1. The van der Waals surface area contributed by atoms with E-state index in [1.165, 1.54) is 18.2 Å². The molecule has 2 aromatic carbocycles. The van der Waals surface area contributed by atoms with Crippen molar-refractivity contribution in [3.63, 3.8) is 0 Å². The summed E-state index contributed by atoms with van der Waals surface area (Å²) in [7, 11) is 0. The summed E-state index contributed by atoms with van der Waals surface area (Å²) in [5.41, 5.74) is 6.29. The lowest BCUT2D eigenvalue weighted by atomic mass is 10.1. The van der Waals surface area contributed by atoms with Gasteiger partial charge < -0.3 is 5.73 Å². The number of thioether (sulfide) groups is 1. The number of hydrogen-bond acceptors (Lipinski definition) is 2. The first-order chi connectivity index (χ1) is 9.49. The van der Waals surface area contributed by atoms with E-state index in [1.54, 1.807) is 25.1 Å². The summed E-state index contributed by atoms with van der Waals surface area (Å²) in [5.74, 6) is -1.70. The minimum absolute atomic E-state index is 0.247. The lowest BCUT2D eigenvalue weighted by Gasteiger charge is -2.21. The highest BCUT2D eigenvalue weighted by Gasteiger charge is 2.22. The van der Waals surface area contributed by atoms with Gasteiger partial charge in [-0.25, -0.2) is 13.2 Å². The van der Waals surface area contributed by atoms with Crippen LogP contribution in [0.2, 0.25) is 0 Å². The van der Waals surface area contributed by atoms with Gasteiger partial charge in [0.1, 0.15) is 17.5 Å². The van der Waals surface area contributed by atoms with Crippen molar-refractivity contribution in [3.05, 3.63) is 65.5 Å². The van der Waals surface area contributed by atoms with Gasteiger partial charge in [0, 0.05) is 22.6 Å². The van der Waals surface area contributed by atoms with Crippen LogP contribution in [0, 0.1) is 17.5 Å². The van der Waals surface area contributed by atoms with Crippen LogP contribution in [0.4, 0.5) is 13.2 Å². The molecule has 2 unspecified atom stereocenters. The number of halogens is 3. The maximum absolute atomic E-state index is 13.8. The summed E-state index contributed by atoms with van der Waals surface area (Å²) in [6.45, 7) is 1.73. The summed E-state index contributed by atoms with van der Waals surface area (Å²) < 4.78 is 40.4. The molecule has 0 fully saturated rings. The highest BCUT2D eigenvalue weighted by Crippen LogP contribution is 2.39. The van der Waals surface area contributed by atoms with Crippen molar-refractivity contribution in [1.82, 2.24) is 0 Å². The summed E-state index contributed by atoms with van der Waals surface area (Å²) in [4.78, 5) is 0.247. The number of benzene rings is 2. The molecule has 0 aromatic heterocycles. The average molecular weight is 297 g/mol. The fourth-order valence-electron chi connectivity index (χ4n) is 1.87. The zero-order valence-electron chi connectivity index (χ0n) is 10.8. The molecular formula is C15H14F3NS. The van der Waals surface area contributed by atoms with E-state index in [0.29, 0.717) is 5.56 Å². The molecule has 0 heterocycles. The van der Waals surface area contributed by atoms with Gasteiger partial charge in [-0.3, -0.25) is 0 Å². The van der Waals surface area contributed by atoms with Crippen molar-refractivity contribution in [2.24, 2.45) is 5.73 Å². The van der Waals surface area contributed by atoms with Crippen LogP contribution >= 0.6 is 11.8 Å². The fourth-order valence-corrected chi connectivity index (χ4v) is 2.99. The van der Waals surface area contributed by atoms with Crippen LogP contribution < -0.4 is 5.73 Å². The molecule has 0 amide bonds. The zero-order chi connectivity index (χ0) is 14.7. The predicted molar refractivity (Wildman–Crippen MR) is 75.0 cm³/mol. The Hall–Kier alpha value is -1.46. The maximum Gasteiger partial charge on any atom is 0.139 e. The van der Waals surface area contributed by atoms with Crippen LogP contribution in [0.1, 0.15) is 17.7 Å². The molecule has 5 heteroatoms. The third kappa shape index (κ3) is 3.35. The molecule has 0 saturated carbocycles. The summed E-state index contributed by atoms with van der Waals surface area (Å²) in [6, 6.07) is 9.18. The molecule has 2 N–H and O–H groups in total. The van der Waals surface area contributed by atoms with Gasteiger partial charge in [-0.05, 0) is 25.1 Å². The van der Waals surface area contributed by atoms with Crippen molar-refractivity contribution in [3.8, 4) is 0 Å². The van der Waals surface area contributed by atoms with Gasteiger partial charge in [0.25, 0.3) is 0 Å². The van der Waals surface area contributed by atoms with E-state index in [2.05, 4.69) is 0 Å². The lowest BCUT2D eigenvalue weighted by Crippen LogP contribution is -2.23. The molecule has 2 rings (SSSR count). The second-order valence-electron chi connectivity index (χ2n) is 4.49. The van der Waals surface area contributed by atoms with Crippen molar-refractivity contribution < 1.29 is 13.2 Å². The summed E-state index contributed by atoms with van der Waals surface area (Å²) in [6.07, 6.45) is 0. The lowest BCUT2D eigenvalue weighted by molar-refractivity contribution is 0.563. The van der Waals surface area contributed by atoms with Crippen LogP contribution in [-0.4, -0.2) is 6.04 Å². The van der Waals surface area contributed by atoms with E-state index >= 15 is 0 Å². The molecule has 0 aliphatic rings. The Morgan fingerprint density at radius 1 is 1.00 bits per heavy atom. The van der Waals surface area contributed by atoms with Crippen LogP contribution in [0.15, 0.2) is 47.4 Å². The number of rotatable bonds is 4. The molecule has 20 heavy (non-hydrogen) atoms. The normalized spacial score (nSPS) is 14.1. The summed E-state index contributed by atoms with van der Waals surface area (Å²) >= 11 is 1.09. The van der Waals surface area contributed by atoms with Crippen LogP contribution in [0.5, 0.6) is 0 Å². The van der Waals surface area contributed by atoms with Crippen molar-refractivity contribution in [2.45, 2.75) is 23.1 Å². The Morgan fingerprint density at radius 2 is 1.70 bits per heavy atom. The molecule has 0 radical (unpaired) electrons. The smallest absolute Gasteiger partial charge is 0.139 e. The molecule has 0 saturated heterocycles. The first-order valence-electron chi connectivity index (χ1n) is 6.10. The van der Waals surface area contributed by atoms with E-state index in [-0.39, 0.29) is 16.8 Å². The van der Waals surface area contributed by atoms with E-state index in [9.17, 15) is 13.2 Å². The molecular weight excluding hydrogens is 283 g/mol. The van der Waals surface area contributed by atoms with Gasteiger partial charge in [-0.15, -0.1) is 11.8 Å². The summed E-state index contributed by atoms with van der Waals surface area (Å²) in [5, 5.41) is -0.448. The Bertz CT molecular complexity index is 601. The largest absolute Gasteiger partial charge is 0.327 e. The maximum atomic E-state index is 13.8. The minimum Gasteiger partial charge on any atom is -0.327 e. The van der Waals surface area contributed by atoms with Crippen molar-refractivity contribution >= 4 is 11.8 Å².